The third-order valence-electron chi connectivity index (χ3n) is 4.09. The molecule has 0 saturated carbocycles. The van der Waals surface area contributed by atoms with Crippen molar-refractivity contribution in [1.29, 1.82) is 0 Å². The number of hydrogen-bond donors (Lipinski definition) is 0. The molecule has 3 rings (SSSR count). The van der Waals surface area contributed by atoms with Gasteiger partial charge < -0.3 is 9.64 Å². The van der Waals surface area contributed by atoms with Crippen LogP contribution in [0, 0.1) is 0 Å². The molecule has 5 heteroatoms. The molecule has 2 aromatic rings. The Balaban J connectivity index is 1.71. The number of piperidine rings is 1. The van der Waals surface area contributed by atoms with Crippen LogP contribution < -0.4 is 0 Å². The lowest BCUT2D eigenvalue weighted by atomic mass is 9.97. The Hall–Kier alpha value is -2.07. The molecule has 0 aliphatic carbocycles. The highest BCUT2D eigenvalue weighted by molar-refractivity contribution is 6.30. The second-order valence-corrected chi connectivity index (χ2v) is 5.99. The van der Waals surface area contributed by atoms with E-state index in [1.807, 2.05) is 42.5 Å². The van der Waals surface area contributed by atoms with Crippen molar-refractivity contribution in [1.82, 2.24) is 9.88 Å². The third-order valence-corrected chi connectivity index (χ3v) is 4.41. The maximum absolute atomic E-state index is 12.5. The van der Waals surface area contributed by atoms with Gasteiger partial charge in [0.25, 0.3) is 0 Å². The number of pyridine rings is 1. The minimum atomic E-state index is -0.293. The van der Waals surface area contributed by atoms with E-state index >= 15 is 0 Å². The Morgan fingerprint density at radius 3 is 2.83 bits per heavy atom. The van der Waals surface area contributed by atoms with E-state index in [4.69, 9.17) is 16.3 Å². The summed E-state index contributed by atoms with van der Waals surface area (Å²) in [7, 11) is 0. The summed E-state index contributed by atoms with van der Waals surface area (Å²) in [6, 6.07) is 13.4. The fourth-order valence-electron chi connectivity index (χ4n) is 2.92. The SMILES string of the molecule is O=C(OCc1ccccc1)N1CCCCC1c1cccnc1Cl. The molecule has 0 N–H and O–H groups in total. The molecule has 1 aromatic heterocycles. The predicted molar refractivity (Wildman–Crippen MR) is 89.2 cm³/mol. The largest absolute Gasteiger partial charge is 0.445 e. The van der Waals surface area contributed by atoms with Gasteiger partial charge in [0.2, 0.25) is 0 Å². The molecule has 0 radical (unpaired) electrons. The minimum Gasteiger partial charge on any atom is -0.445 e. The van der Waals surface area contributed by atoms with E-state index in [2.05, 4.69) is 4.98 Å². The number of halogens is 1. The summed E-state index contributed by atoms with van der Waals surface area (Å²) in [6.07, 6.45) is 4.30. The van der Waals surface area contributed by atoms with Crippen LogP contribution in [0.2, 0.25) is 5.15 Å². The predicted octanol–water partition coefficient (Wildman–Crippen LogP) is 4.60. The number of rotatable bonds is 3. The fraction of sp³-hybridized carbons (Fsp3) is 0.333. The lowest BCUT2D eigenvalue weighted by Crippen LogP contribution is -2.39. The first-order chi connectivity index (χ1) is 11.3. The van der Waals surface area contributed by atoms with E-state index in [0.717, 1.165) is 30.4 Å². The standard InChI is InChI=1S/C18H19ClN2O2/c19-17-15(9-6-11-20-17)16-10-4-5-12-21(16)18(22)23-13-14-7-2-1-3-8-14/h1-3,6-9,11,16H,4-5,10,12-13H2. The van der Waals surface area contributed by atoms with Crippen LogP contribution in [-0.2, 0) is 11.3 Å². The molecule has 1 atom stereocenters. The van der Waals surface area contributed by atoms with Gasteiger partial charge in [0.15, 0.2) is 0 Å². The summed E-state index contributed by atoms with van der Waals surface area (Å²) in [5, 5.41) is 0.459. The average molecular weight is 331 g/mol. The highest BCUT2D eigenvalue weighted by atomic mass is 35.5. The van der Waals surface area contributed by atoms with Crippen LogP contribution in [0.15, 0.2) is 48.7 Å². The van der Waals surface area contributed by atoms with Gasteiger partial charge in [0, 0.05) is 18.3 Å². The molecule has 1 aliphatic rings. The molecule has 1 unspecified atom stereocenters. The Morgan fingerprint density at radius 2 is 2.04 bits per heavy atom. The molecular formula is C18H19ClN2O2. The van der Waals surface area contributed by atoms with Gasteiger partial charge >= 0.3 is 6.09 Å². The molecule has 1 fully saturated rings. The van der Waals surface area contributed by atoms with Crippen molar-refractivity contribution in [3.05, 3.63) is 64.9 Å². The number of amides is 1. The lowest BCUT2D eigenvalue weighted by molar-refractivity contribution is 0.0678. The van der Waals surface area contributed by atoms with Crippen molar-refractivity contribution in [3.63, 3.8) is 0 Å². The molecule has 23 heavy (non-hydrogen) atoms. The summed E-state index contributed by atoms with van der Waals surface area (Å²) in [6.45, 7) is 0.965. The van der Waals surface area contributed by atoms with Crippen LogP contribution in [0.5, 0.6) is 0 Å². The van der Waals surface area contributed by atoms with Gasteiger partial charge in [-0.1, -0.05) is 48.0 Å². The molecule has 120 valence electrons. The first-order valence-electron chi connectivity index (χ1n) is 7.83. The number of benzene rings is 1. The third kappa shape index (κ3) is 3.82. The smallest absolute Gasteiger partial charge is 0.410 e. The van der Waals surface area contributed by atoms with Crippen LogP contribution >= 0.6 is 11.6 Å². The normalized spacial score (nSPS) is 17.8. The van der Waals surface area contributed by atoms with Crippen molar-refractivity contribution in [2.24, 2.45) is 0 Å². The fourth-order valence-corrected chi connectivity index (χ4v) is 3.17. The molecule has 1 aromatic carbocycles. The lowest BCUT2D eigenvalue weighted by Gasteiger charge is -2.35. The summed E-state index contributed by atoms with van der Waals surface area (Å²) in [5.74, 6) is 0. The van der Waals surface area contributed by atoms with Gasteiger partial charge in [-0.3, -0.25) is 0 Å². The molecular weight excluding hydrogens is 312 g/mol. The minimum absolute atomic E-state index is 0.0618. The summed E-state index contributed by atoms with van der Waals surface area (Å²) < 4.78 is 5.48. The van der Waals surface area contributed by atoms with Gasteiger partial charge in [0.05, 0.1) is 6.04 Å². The maximum atomic E-state index is 12.5. The molecule has 0 spiro atoms. The second-order valence-electron chi connectivity index (χ2n) is 5.63. The van der Waals surface area contributed by atoms with Crippen LogP contribution in [0.25, 0.3) is 0 Å². The first-order valence-corrected chi connectivity index (χ1v) is 8.21. The molecule has 4 nitrogen and oxygen atoms in total. The van der Waals surface area contributed by atoms with Crippen molar-refractivity contribution in [2.75, 3.05) is 6.54 Å². The van der Waals surface area contributed by atoms with Crippen LogP contribution in [0.4, 0.5) is 4.79 Å². The van der Waals surface area contributed by atoms with Crippen molar-refractivity contribution in [3.8, 4) is 0 Å². The Morgan fingerprint density at radius 1 is 1.22 bits per heavy atom. The van der Waals surface area contributed by atoms with E-state index in [-0.39, 0.29) is 18.7 Å². The Labute approximate surface area is 141 Å². The van der Waals surface area contributed by atoms with Crippen molar-refractivity contribution in [2.45, 2.75) is 31.9 Å². The number of ether oxygens (including phenoxy) is 1. The topological polar surface area (TPSA) is 42.4 Å². The quantitative estimate of drug-likeness (QED) is 0.772. The molecule has 1 saturated heterocycles. The monoisotopic (exact) mass is 330 g/mol. The summed E-state index contributed by atoms with van der Waals surface area (Å²) in [5.41, 5.74) is 1.87. The number of aromatic nitrogens is 1. The number of carbonyl (C=O) groups is 1. The van der Waals surface area contributed by atoms with E-state index < -0.39 is 0 Å². The summed E-state index contributed by atoms with van der Waals surface area (Å²) in [4.78, 5) is 18.4. The summed E-state index contributed by atoms with van der Waals surface area (Å²) >= 11 is 6.21. The van der Waals surface area contributed by atoms with E-state index in [0.29, 0.717) is 11.7 Å². The number of hydrogen-bond acceptors (Lipinski definition) is 3. The highest BCUT2D eigenvalue weighted by Crippen LogP contribution is 2.34. The van der Waals surface area contributed by atoms with E-state index in [9.17, 15) is 4.79 Å². The maximum Gasteiger partial charge on any atom is 0.410 e. The zero-order chi connectivity index (χ0) is 16.1. The first kappa shape index (κ1) is 15.8. The van der Waals surface area contributed by atoms with E-state index in [1.165, 1.54) is 0 Å². The van der Waals surface area contributed by atoms with E-state index in [1.54, 1.807) is 11.1 Å². The van der Waals surface area contributed by atoms with Gasteiger partial charge in [0.1, 0.15) is 11.8 Å². The van der Waals surface area contributed by atoms with Gasteiger partial charge in [-0.15, -0.1) is 0 Å². The molecule has 1 aliphatic heterocycles. The van der Waals surface area contributed by atoms with Gasteiger partial charge in [-0.2, -0.15) is 0 Å². The number of carbonyl (C=O) groups excluding carboxylic acids is 1. The molecule has 0 bridgehead atoms. The van der Waals surface area contributed by atoms with Crippen molar-refractivity contribution >= 4 is 17.7 Å². The average Bonchev–Trinajstić information content (AvgIpc) is 2.61. The van der Waals surface area contributed by atoms with Crippen LogP contribution in [0.1, 0.15) is 36.4 Å². The van der Waals surface area contributed by atoms with Crippen molar-refractivity contribution < 1.29 is 9.53 Å². The Bertz CT molecular complexity index is 663. The van der Waals surface area contributed by atoms with Crippen LogP contribution in [0.3, 0.4) is 0 Å². The van der Waals surface area contributed by atoms with Crippen LogP contribution in [-0.4, -0.2) is 22.5 Å². The highest BCUT2D eigenvalue weighted by Gasteiger charge is 2.30. The molecule has 2 heterocycles. The zero-order valence-electron chi connectivity index (χ0n) is 12.8. The van der Waals surface area contributed by atoms with Gasteiger partial charge in [-0.25, -0.2) is 9.78 Å². The Kier molecular flexibility index (Phi) is 5.13. The number of nitrogens with zero attached hydrogens (tertiary/aromatic N) is 2. The molecule has 1 amide bonds. The zero-order valence-corrected chi connectivity index (χ0v) is 13.6. The van der Waals surface area contributed by atoms with Gasteiger partial charge in [-0.05, 0) is 30.9 Å². The number of likely N-dealkylation sites (tertiary alicyclic amines) is 1. The second kappa shape index (κ2) is 7.47.